The topological polar surface area (TPSA) is 43.4 Å². The maximum absolute atomic E-state index is 5.44. The summed E-state index contributed by atoms with van der Waals surface area (Å²) in [5.74, 6) is 0.788. The molecular weight excluding hydrogens is 204 g/mol. The molecule has 1 N–H and O–H groups in total. The largest absolute Gasteiger partial charge is 0.493 e. The Kier molecular flexibility index (Phi) is 3.62. The lowest BCUT2D eigenvalue weighted by molar-refractivity contribution is 0.0875. The molecule has 1 aromatic heterocycles. The van der Waals surface area contributed by atoms with Crippen molar-refractivity contribution in [3.05, 3.63) is 18.0 Å². The fourth-order valence-electron chi connectivity index (χ4n) is 1.90. The first-order valence-corrected chi connectivity index (χ1v) is 5.64. The van der Waals surface area contributed by atoms with E-state index in [1.165, 1.54) is 0 Å². The van der Waals surface area contributed by atoms with Crippen LogP contribution in [0.2, 0.25) is 0 Å². The molecule has 1 aromatic rings. The molecule has 1 fully saturated rings. The molecule has 0 amide bonds. The van der Waals surface area contributed by atoms with Crippen molar-refractivity contribution < 1.29 is 9.47 Å². The number of hydrogen-bond acceptors (Lipinski definition) is 4. The molecule has 0 radical (unpaired) electrons. The molecule has 0 spiro atoms. The lowest BCUT2D eigenvalue weighted by atomic mass is 10.1. The Hall–Kier alpha value is -1.29. The summed E-state index contributed by atoms with van der Waals surface area (Å²) in [7, 11) is 1.66. The zero-order chi connectivity index (χ0) is 11.4. The molecule has 1 saturated heterocycles. The van der Waals surface area contributed by atoms with Gasteiger partial charge in [-0.05, 0) is 25.8 Å². The smallest absolute Gasteiger partial charge is 0.160 e. The molecule has 1 unspecified atom stereocenters. The van der Waals surface area contributed by atoms with Crippen molar-refractivity contribution in [1.29, 1.82) is 0 Å². The molecule has 2 rings (SSSR count). The summed E-state index contributed by atoms with van der Waals surface area (Å²) >= 11 is 0. The number of methoxy groups -OCH3 is 1. The van der Waals surface area contributed by atoms with Crippen molar-refractivity contribution in [2.45, 2.75) is 25.8 Å². The van der Waals surface area contributed by atoms with Gasteiger partial charge in [0.05, 0.1) is 25.6 Å². The highest BCUT2D eigenvalue weighted by molar-refractivity contribution is 5.56. The molecule has 4 heteroatoms. The number of aromatic nitrogens is 1. The minimum absolute atomic E-state index is 0.379. The van der Waals surface area contributed by atoms with Crippen LogP contribution in [-0.2, 0) is 4.74 Å². The molecule has 0 saturated carbocycles. The quantitative estimate of drug-likeness (QED) is 0.849. The Labute approximate surface area is 96.0 Å². The van der Waals surface area contributed by atoms with Gasteiger partial charge in [-0.25, -0.2) is 0 Å². The van der Waals surface area contributed by atoms with E-state index >= 15 is 0 Å². The maximum atomic E-state index is 5.44. The number of anilines is 1. The number of nitrogens with one attached hydrogen (secondary N) is 1. The van der Waals surface area contributed by atoms with Crippen LogP contribution in [0.5, 0.6) is 5.75 Å². The van der Waals surface area contributed by atoms with Crippen molar-refractivity contribution in [2.75, 3.05) is 25.6 Å². The van der Waals surface area contributed by atoms with Gasteiger partial charge in [-0.15, -0.1) is 0 Å². The molecule has 1 aliphatic heterocycles. The van der Waals surface area contributed by atoms with Gasteiger partial charge in [-0.1, -0.05) is 0 Å². The van der Waals surface area contributed by atoms with E-state index in [2.05, 4.69) is 10.3 Å². The van der Waals surface area contributed by atoms with E-state index in [9.17, 15) is 0 Å². The number of ether oxygens (including phenoxy) is 2. The average molecular weight is 222 g/mol. The van der Waals surface area contributed by atoms with Gasteiger partial charge < -0.3 is 14.8 Å². The molecular formula is C12H18N2O2. The van der Waals surface area contributed by atoms with Crippen molar-refractivity contribution in [2.24, 2.45) is 0 Å². The van der Waals surface area contributed by atoms with Crippen molar-refractivity contribution >= 4 is 5.69 Å². The number of nitrogens with zero attached hydrogens (tertiary/aromatic N) is 1. The van der Waals surface area contributed by atoms with Crippen molar-refractivity contribution in [1.82, 2.24) is 4.98 Å². The average Bonchev–Trinajstić information content (AvgIpc) is 2.31. The highest BCUT2D eigenvalue weighted by Crippen LogP contribution is 2.25. The lowest BCUT2D eigenvalue weighted by Crippen LogP contribution is -2.30. The molecule has 1 aliphatic rings. The summed E-state index contributed by atoms with van der Waals surface area (Å²) in [6.07, 6.45) is 4.01. The predicted octanol–water partition coefficient (Wildman–Crippen LogP) is 1.99. The van der Waals surface area contributed by atoms with Gasteiger partial charge in [0.15, 0.2) is 5.75 Å². The standard InChI is InChI=1S/C12H18N2O2/c1-9-6-11(12(15-2)7-13-9)14-10-4-3-5-16-8-10/h6-7,10H,3-5,8H2,1-2H3,(H,13,14). The van der Waals surface area contributed by atoms with Gasteiger partial charge in [0, 0.05) is 18.3 Å². The van der Waals surface area contributed by atoms with Gasteiger partial charge in [0.25, 0.3) is 0 Å². The summed E-state index contributed by atoms with van der Waals surface area (Å²) < 4.78 is 10.7. The lowest BCUT2D eigenvalue weighted by Gasteiger charge is -2.25. The molecule has 4 nitrogen and oxygen atoms in total. The summed E-state index contributed by atoms with van der Waals surface area (Å²) in [6, 6.07) is 2.39. The van der Waals surface area contributed by atoms with Gasteiger partial charge in [-0.2, -0.15) is 0 Å². The van der Waals surface area contributed by atoms with E-state index in [0.717, 1.165) is 43.2 Å². The molecule has 16 heavy (non-hydrogen) atoms. The number of aryl methyl sites for hydroxylation is 1. The minimum atomic E-state index is 0.379. The second kappa shape index (κ2) is 5.16. The van der Waals surface area contributed by atoms with Gasteiger partial charge in [-0.3, -0.25) is 4.98 Å². The third-order valence-electron chi connectivity index (χ3n) is 2.74. The fourth-order valence-corrected chi connectivity index (χ4v) is 1.90. The van der Waals surface area contributed by atoms with Gasteiger partial charge in [0.2, 0.25) is 0 Å². The zero-order valence-electron chi connectivity index (χ0n) is 9.82. The van der Waals surface area contributed by atoms with E-state index in [0.29, 0.717) is 6.04 Å². The van der Waals surface area contributed by atoms with Gasteiger partial charge in [0.1, 0.15) is 0 Å². The van der Waals surface area contributed by atoms with E-state index in [-0.39, 0.29) is 0 Å². The fraction of sp³-hybridized carbons (Fsp3) is 0.583. The van der Waals surface area contributed by atoms with E-state index in [1.54, 1.807) is 13.3 Å². The molecule has 2 heterocycles. The Bertz CT molecular complexity index is 349. The third-order valence-corrected chi connectivity index (χ3v) is 2.74. The van der Waals surface area contributed by atoms with Crippen LogP contribution in [0, 0.1) is 6.92 Å². The Morgan fingerprint density at radius 2 is 2.44 bits per heavy atom. The van der Waals surface area contributed by atoms with Crippen LogP contribution >= 0.6 is 0 Å². The number of rotatable bonds is 3. The summed E-state index contributed by atoms with van der Waals surface area (Å²) in [4.78, 5) is 4.21. The first kappa shape index (κ1) is 11.2. The van der Waals surface area contributed by atoms with E-state index in [1.807, 2.05) is 13.0 Å². The maximum Gasteiger partial charge on any atom is 0.160 e. The van der Waals surface area contributed by atoms with Crippen molar-refractivity contribution in [3.63, 3.8) is 0 Å². The van der Waals surface area contributed by atoms with Crippen LogP contribution in [0.3, 0.4) is 0 Å². The van der Waals surface area contributed by atoms with Crippen LogP contribution < -0.4 is 10.1 Å². The Morgan fingerprint density at radius 1 is 1.56 bits per heavy atom. The molecule has 0 aromatic carbocycles. The number of hydrogen-bond donors (Lipinski definition) is 1. The Balaban J connectivity index is 2.09. The molecule has 88 valence electrons. The van der Waals surface area contributed by atoms with Crippen LogP contribution in [0.15, 0.2) is 12.3 Å². The molecule has 0 aliphatic carbocycles. The second-order valence-electron chi connectivity index (χ2n) is 4.08. The highest BCUT2D eigenvalue weighted by Gasteiger charge is 2.15. The molecule has 1 atom stereocenters. The van der Waals surface area contributed by atoms with E-state index in [4.69, 9.17) is 9.47 Å². The van der Waals surface area contributed by atoms with Crippen molar-refractivity contribution in [3.8, 4) is 5.75 Å². The predicted molar refractivity (Wildman–Crippen MR) is 63.0 cm³/mol. The minimum Gasteiger partial charge on any atom is -0.493 e. The summed E-state index contributed by atoms with van der Waals surface area (Å²) in [5.41, 5.74) is 1.99. The first-order valence-electron chi connectivity index (χ1n) is 5.64. The normalized spacial score (nSPS) is 20.5. The van der Waals surface area contributed by atoms with Crippen LogP contribution in [0.1, 0.15) is 18.5 Å². The number of pyridine rings is 1. The van der Waals surface area contributed by atoms with E-state index < -0.39 is 0 Å². The summed E-state index contributed by atoms with van der Waals surface area (Å²) in [5, 5.41) is 3.45. The highest BCUT2D eigenvalue weighted by atomic mass is 16.5. The van der Waals surface area contributed by atoms with Crippen LogP contribution in [-0.4, -0.2) is 31.3 Å². The first-order chi connectivity index (χ1) is 7.79. The SMILES string of the molecule is COc1cnc(C)cc1NC1CCCOC1. The zero-order valence-corrected chi connectivity index (χ0v) is 9.82. The monoisotopic (exact) mass is 222 g/mol. The Morgan fingerprint density at radius 3 is 3.12 bits per heavy atom. The second-order valence-corrected chi connectivity index (χ2v) is 4.08. The van der Waals surface area contributed by atoms with Crippen LogP contribution in [0.25, 0.3) is 0 Å². The third kappa shape index (κ3) is 2.64. The van der Waals surface area contributed by atoms with Gasteiger partial charge >= 0.3 is 0 Å². The summed E-state index contributed by atoms with van der Waals surface area (Å²) in [6.45, 7) is 3.62. The molecule has 0 bridgehead atoms. The van der Waals surface area contributed by atoms with Crippen LogP contribution in [0.4, 0.5) is 5.69 Å².